The van der Waals surface area contributed by atoms with Crippen LogP contribution in [0.25, 0.3) is 0 Å². The molecule has 1 fully saturated rings. The number of aromatic carboxylic acids is 1. The van der Waals surface area contributed by atoms with Crippen LogP contribution in [0.15, 0.2) is 53.1 Å². The molecule has 162 valence electrons. The van der Waals surface area contributed by atoms with Gasteiger partial charge in [-0.2, -0.15) is 0 Å². The van der Waals surface area contributed by atoms with Crippen molar-refractivity contribution < 1.29 is 33.8 Å². The number of ether oxygens (including phenoxy) is 2. The molecule has 0 saturated carbocycles. The van der Waals surface area contributed by atoms with Crippen molar-refractivity contribution in [2.75, 3.05) is 12.0 Å². The number of benzene rings is 2. The van der Waals surface area contributed by atoms with E-state index in [1.54, 1.807) is 18.2 Å². The summed E-state index contributed by atoms with van der Waals surface area (Å²) in [5, 5.41) is 8.54. The molecule has 0 unspecified atom stereocenters. The van der Waals surface area contributed by atoms with Crippen LogP contribution < -0.4 is 20.1 Å². The Kier molecular flexibility index (Phi) is 4.48. The monoisotopic (exact) mass is 452 g/mol. The molecule has 0 spiro atoms. The fourth-order valence-corrected chi connectivity index (χ4v) is 5.68. The quantitative estimate of drug-likeness (QED) is 0.406. The van der Waals surface area contributed by atoms with Crippen LogP contribution in [0.4, 0.5) is 5.69 Å². The Morgan fingerprint density at radius 3 is 2.62 bits per heavy atom. The third kappa shape index (κ3) is 2.72. The van der Waals surface area contributed by atoms with Gasteiger partial charge in [0.15, 0.2) is 11.5 Å². The molecule has 0 bridgehead atoms. The van der Waals surface area contributed by atoms with Crippen LogP contribution >= 0.6 is 11.8 Å². The lowest BCUT2D eigenvalue weighted by Crippen LogP contribution is -2.39. The van der Waals surface area contributed by atoms with E-state index in [9.17, 15) is 24.3 Å². The summed E-state index contributed by atoms with van der Waals surface area (Å²) in [6.07, 6.45) is 0. The predicted octanol–water partition coefficient (Wildman–Crippen LogP) is 1.87. The molecule has 0 aliphatic carbocycles. The molecule has 9 nitrogen and oxygen atoms in total. The maximum atomic E-state index is 13.6. The molecule has 2 aromatic rings. The van der Waals surface area contributed by atoms with Crippen LogP contribution in [-0.4, -0.2) is 41.2 Å². The van der Waals surface area contributed by atoms with E-state index in [4.69, 9.17) is 15.2 Å². The molecular weight excluding hydrogens is 436 g/mol. The summed E-state index contributed by atoms with van der Waals surface area (Å²) < 4.78 is 10.8. The number of hydrogen-bond acceptors (Lipinski definition) is 8. The number of carbonyl (C=O) groups excluding carboxylic acids is 3. The number of nitrogens with zero attached hydrogens (tertiary/aromatic N) is 1. The summed E-state index contributed by atoms with van der Waals surface area (Å²) in [4.78, 5) is 52.0. The van der Waals surface area contributed by atoms with Gasteiger partial charge in [0, 0.05) is 11.5 Å². The van der Waals surface area contributed by atoms with Gasteiger partial charge in [0.25, 0.3) is 0 Å². The molecule has 10 heteroatoms. The van der Waals surface area contributed by atoms with Crippen LogP contribution in [0.1, 0.15) is 21.8 Å². The number of imide groups is 1. The highest BCUT2D eigenvalue weighted by Crippen LogP contribution is 2.55. The largest absolute Gasteiger partial charge is 0.493 e. The Hall–Kier alpha value is -3.79. The van der Waals surface area contributed by atoms with E-state index in [1.165, 1.54) is 31.4 Å². The molecule has 5 rings (SSSR count). The topological polar surface area (TPSA) is 136 Å². The lowest BCUT2D eigenvalue weighted by atomic mass is 9.77. The van der Waals surface area contributed by atoms with E-state index < -0.39 is 40.8 Å². The summed E-state index contributed by atoms with van der Waals surface area (Å²) in [6, 6.07) is 10.6. The average molecular weight is 452 g/mol. The summed E-state index contributed by atoms with van der Waals surface area (Å²) in [5.41, 5.74) is 6.93. The summed E-state index contributed by atoms with van der Waals surface area (Å²) in [7, 11) is 1.43. The van der Waals surface area contributed by atoms with Crippen molar-refractivity contribution in [2.24, 2.45) is 11.7 Å². The minimum atomic E-state index is -1.18. The van der Waals surface area contributed by atoms with Crippen molar-refractivity contribution in [1.82, 2.24) is 0 Å². The third-order valence-corrected chi connectivity index (χ3v) is 7.04. The number of rotatable bonds is 3. The van der Waals surface area contributed by atoms with Crippen molar-refractivity contribution >= 4 is 41.2 Å². The van der Waals surface area contributed by atoms with E-state index in [2.05, 4.69) is 0 Å². The Morgan fingerprint density at radius 2 is 1.91 bits per heavy atom. The van der Waals surface area contributed by atoms with Crippen LogP contribution in [0.5, 0.6) is 11.5 Å². The number of thioether (sulfide) groups is 1. The van der Waals surface area contributed by atoms with Crippen LogP contribution in [0.3, 0.4) is 0 Å². The molecule has 32 heavy (non-hydrogen) atoms. The lowest BCUT2D eigenvalue weighted by molar-refractivity contribution is -0.132. The Bertz CT molecular complexity index is 1250. The number of anilines is 1. The minimum Gasteiger partial charge on any atom is -0.493 e. The summed E-state index contributed by atoms with van der Waals surface area (Å²) in [6.45, 7) is 0. The van der Waals surface area contributed by atoms with Crippen LogP contribution in [0, 0.1) is 5.92 Å². The summed E-state index contributed by atoms with van der Waals surface area (Å²) >= 11 is 0.949. The first kappa shape index (κ1) is 20.1. The van der Waals surface area contributed by atoms with E-state index in [0.717, 1.165) is 16.7 Å². The molecule has 3 heterocycles. The van der Waals surface area contributed by atoms with Crippen molar-refractivity contribution in [3.63, 3.8) is 0 Å². The molecule has 2 amide bonds. The third-order valence-electron chi connectivity index (χ3n) is 5.82. The second-order valence-corrected chi connectivity index (χ2v) is 8.64. The van der Waals surface area contributed by atoms with Gasteiger partial charge >= 0.3 is 11.9 Å². The molecular formula is C22H16N2O7S. The average Bonchev–Trinajstić information content (AvgIpc) is 3.02. The summed E-state index contributed by atoms with van der Waals surface area (Å²) in [5.74, 6) is -4.11. The molecule has 3 aliphatic rings. The van der Waals surface area contributed by atoms with Gasteiger partial charge in [0.05, 0.1) is 34.9 Å². The van der Waals surface area contributed by atoms with Crippen LogP contribution in [0.2, 0.25) is 0 Å². The highest BCUT2D eigenvalue weighted by Gasteiger charge is 2.58. The fourth-order valence-electron chi connectivity index (χ4n) is 4.45. The predicted molar refractivity (Wildman–Crippen MR) is 113 cm³/mol. The number of carboxylic acids is 1. The van der Waals surface area contributed by atoms with Crippen molar-refractivity contribution in [1.29, 1.82) is 0 Å². The second-order valence-electron chi connectivity index (χ2n) is 7.46. The van der Waals surface area contributed by atoms with Gasteiger partial charge in [-0.15, -0.1) is 0 Å². The Labute approximate surface area is 185 Å². The highest BCUT2D eigenvalue weighted by atomic mass is 32.2. The first-order valence-corrected chi connectivity index (χ1v) is 10.5. The van der Waals surface area contributed by atoms with Gasteiger partial charge < -0.3 is 20.3 Å². The van der Waals surface area contributed by atoms with Gasteiger partial charge in [-0.05, 0) is 24.3 Å². The zero-order chi connectivity index (χ0) is 22.7. The number of para-hydroxylation sites is 1. The molecule has 1 saturated heterocycles. The Morgan fingerprint density at radius 1 is 1.16 bits per heavy atom. The molecule has 3 N–H and O–H groups in total. The molecule has 0 aromatic heterocycles. The fraction of sp³-hybridized carbons (Fsp3) is 0.182. The second kappa shape index (κ2) is 7.13. The SMILES string of the molecule is COc1cccc2c1OC(=O)C1=C(N)S[C@H]3C(=O)N(c4cccc(C(=O)O)c4)C(=O)[C@@H]3[C@H]12. The zero-order valence-electron chi connectivity index (χ0n) is 16.6. The molecule has 0 radical (unpaired) electrons. The maximum Gasteiger partial charge on any atom is 0.342 e. The smallest absolute Gasteiger partial charge is 0.342 e. The Balaban J connectivity index is 1.65. The molecule has 3 aliphatic heterocycles. The number of methoxy groups -OCH3 is 1. The number of hydrogen-bond donors (Lipinski definition) is 2. The number of carboxylic acid groups (broad SMARTS) is 1. The van der Waals surface area contributed by atoms with Gasteiger partial charge in [-0.1, -0.05) is 30.0 Å². The van der Waals surface area contributed by atoms with Crippen LogP contribution in [-0.2, 0) is 14.4 Å². The number of amides is 2. The first-order valence-electron chi connectivity index (χ1n) is 9.60. The molecule has 2 aromatic carbocycles. The number of esters is 1. The van der Waals surface area contributed by atoms with Gasteiger partial charge in [-0.3, -0.25) is 9.59 Å². The maximum absolute atomic E-state index is 13.6. The van der Waals surface area contributed by atoms with Crippen molar-refractivity contribution in [3.05, 3.63) is 64.2 Å². The van der Waals surface area contributed by atoms with Crippen molar-refractivity contribution in [3.8, 4) is 11.5 Å². The zero-order valence-corrected chi connectivity index (χ0v) is 17.4. The number of fused-ring (bicyclic) bond motifs is 5. The van der Waals surface area contributed by atoms with E-state index in [-0.39, 0.29) is 27.6 Å². The van der Waals surface area contributed by atoms with E-state index in [0.29, 0.717) is 11.3 Å². The number of nitrogens with two attached hydrogens (primary N) is 1. The lowest BCUT2D eigenvalue weighted by Gasteiger charge is -2.36. The highest BCUT2D eigenvalue weighted by molar-refractivity contribution is 8.04. The van der Waals surface area contributed by atoms with Gasteiger partial charge in [-0.25, -0.2) is 14.5 Å². The molecule has 3 atom stereocenters. The van der Waals surface area contributed by atoms with Gasteiger partial charge in [0.1, 0.15) is 5.25 Å². The minimum absolute atomic E-state index is 0.0553. The standard InChI is InChI=1S/C22H16N2O7S/c1-30-12-7-3-6-11-13-14-17(32-18(23)15(13)22(29)31-16(11)12)20(26)24(19(14)25)10-5-2-4-9(8-10)21(27)28/h2-8,13-14,17H,23H2,1H3,(H,27,28)/t13-,14-,17-/m1/s1. The first-order chi connectivity index (χ1) is 15.3. The van der Waals surface area contributed by atoms with Crippen molar-refractivity contribution in [2.45, 2.75) is 11.2 Å². The number of carbonyl (C=O) groups is 4. The van der Waals surface area contributed by atoms with E-state index >= 15 is 0 Å². The van der Waals surface area contributed by atoms with Gasteiger partial charge in [0.2, 0.25) is 11.8 Å². The van der Waals surface area contributed by atoms with E-state index in [1.807, 2.05) is 0 Å². The normalized spacial score (nSPS) is 24.0.